The molecule has 6 heteroatoms. The molecule has 0 fully saturated rings. The molecule has 0 saturated carbocycles. The molecule has 0 bridgehead atoms. The van der Waals surface area contributed by atoms with Crippen molar-refractivity contribution in [2.24, 2.45) is 0 Å². The van der Waals surface area contributed by atoms with Crippen LogP contribution in [-0.4, -0.2) is 19.5 Å². The van der Waals surface area contributed by atoms with Crippen LogP contribution in [0.25, 0.3) is 117 Å². The average molecular weight is 731 g/mol. The fraction of sp³-hybridized carbons (Fsp3) is 0. The first-order valence-corrected chi connectivity index (χ1v) is 19.0. The quantitative estimate of drug-likeness (QED) is 0.176. The lowest BCUT2D eigenvalue weighted by molar-refractivity contribution is 0.668. The Bertz CT molecular complexity index is 3450. The Balaban J connectivity index is 0.986. The number of hydrogen-bond donors (Lipinski definition) is 0. The molecule has 0 aliphatic carbocycles. The summed E-state index contributed by atoms with van der Waals surface area (Å²) in [5.41, 5.74) is 11.6. The van der Waals surface area contributed by atoms with Crippen molar-refractivity contribution in [2.75, 3.05) is 0 Å². The Morgan fingerprint density at radius 3 is 1.72 bits per heavy atom. The van der Waals surface area contributed by atoms with Gasteiger partial charge in [-0.2, -0.15) is 0 Å². The second kappa shape index (κ2) is 12.3. The van der Waals surface area contributed by atoms with E-state index in [1.165, 1.54) is 10.8 Å². The van der Waals surface area contributed by atoms with Gasteiger partial charge in [0.15, 0.2) is 17.5 Å². The zero-order valence-electron chi connectivity index (χ0n) is 30.4. The second-order valence-electron chi connectivity index (χ2n) is 14.4. The summed E-state index contributed by atoms with van der Waals surface area (Å²) in [7, 11) is 0. The summed E-state index contributed by atoms with van der Waals surface area (Å²) >= 11 is 0. The number of hydrogen-bond acceptors (Lipinski definition) is 5. The van der Waals surface area contributed by atoms with E-state index in [0.29, 0.717) is 17.5 Å². The third-order valence-corrected chi connectivity index (χ3v) is 11.1. The first-order valence-electron chi connectivity index (χ1n) is 19.0. The minimum atomic E-state index is 0.594. The van der Waals surface area contributed by atoms with E-state index in [-0.39, 0.29) is 0 Å². The third kappa shape index (κ3) is 5.01. The maximum atomic E-state index is 6.45. The molecule has 266 valence electrons. The highest BCUT2D eigenvalue weighted by Crippen LogP contribution is 2.41. The molecule has 0 aliphatic heterocycles. The van der Waals surface area contributed by atoms with Crippen LogP contribution in [0.4, 0.5) is 0 Å². The molecule has 0 unspecified atom stereocenters. The van der Waals surface area contributed by atoms with Crippen LogP contribution in [0, 0.1) is 0 Å². The highest BCUT2D eigenvalue weighted by molar-refractivity contribution is 6.17. The van der Waals surface area contributed by atoms with Crippen LogP contribution in [-0.2, 0) is 0 Å². The van der Waals surface area contributed by atoms with Gasteiger partial charge in [0.1, 0.15) is 22.3 Å². The molecule has 0 spiro atoms. The molecule has 0 saturated heterocycles. The number of rotatable bonds is 5. The Hall–Kier alpha value is -7.83. The molecule has 0 amide bonds. The standard InChI is InChI=1S/C51H30N4O2/c1-3-12-32(13-4-1)49-52-50(33-14-5-2-6-15-33)54-51(53-49)38-18-11-21-46-48(38)41-28-34(24-27-45(41)56-46)31-22-25-35(26-23-31)55-42-19-9-7-16-36(42)39-29-40-37-17-8-10-20-44(37)57-47(40)30-43(39)55/h1-30H. The molecular weight excluding hydrogens is 701 g/mol. The zero-order chi connectivity index (χ0) is 37.5. The van der Waals surface area contributed by atoms with Gasteiger partial charge in [0.2, 0.25) is 0 Å². The van der Waals surface area contributed by atoms with Gasteiger partial charge in [-0.25, -0.2) is 15.0 Å². The first-order chi connectivity index (χ1) is 28.2. The van der Waals surface area contributed by atoms with Crippen LogP contribution >= 0.6 is 0 Å². The Labute approximate surface area is 325 Å². The van der Waals surface area contributed by atoms with Gasteiger partial charge < -0.3 is 13.4 Å². The molecule has 6 nitrogen and oxygen atoms in total. The highest BCUT2D eigenvalue weighted by atomic mass is 16.3. The summed E-state index contributed by atoms with van der Waals surface area (Å²) in [6.07, 6.45) is 0. The fourth-order valence-corrected chi connectivity index (χ4v) is 8.39. The van der Waals surface area contributed by atoms with Crippen molar-refractivity contribution in [3.8, 4) is 51.0 Å². The second-order valence-corrected chi connectivity index (χ2v) is 14.4. The molecule has 0 N–H and O–H groups in total. The van der Waals surface area contributed by atoms with E-state index in [2.05, 4.69) is 102 Å². The van der Waals surface area contributed by atoms with Crippen molar-refractivity contribution in [1.82, 2.24) is 19.5 Å². The molecule has 0 atom stereocenters. The fourth-order valence-electron chi connectivity index (χ4n) is 8.39. The molecule has 4 heterocycles. The van der Waals surface area contributed by atoms with Gasteiger partial charge >= 0.3 is 0 Å². The van der Waals surface area contributed by atoms with Crippen molar-refractivity contribution < 1.29 is 8.83 Å². The van der Waals surface area contributed by atoms with Crippen molar-refractivity contribution in [3.63, 3.8) is 0 Å². The van der Waals surface area contributed by atoms with Gasteiger partial charge in [0.25, 0.3) is 0 Å². The number of aromatic nitrogens is 4. The van der Waals surface area contributed by atoms with E-state index in [4.69, 9.17) is 23.8 Å². The minimum Gasteiger partial charge on any atom is -0.456 e. The van der Waals surface area contributed by atoms with Crippen LogP contribution < -0.4 is 0 Å². The van der Waals surface area contributed by atoms with E-state index in [1.807, 2.05) is 84.9 Å². The molecule has 12 aromatic rings. The summed E-state index contributed by atoms with van der Waals surface area (Å²) < 4.78 is 15.1. The number of nitrogens with zero attached hydrogens (tertiary/aromatic N) is 4. The van der Waals surface area contributed by atoms with Gasteiger partial charge in [-0.1, -0.05) is 127 Å². The number of para-hydroxylation sites is 2. The van der Waals surface area contributed by atoms with E-state index in [1.54, 1.807) is 0 Å². The van der Waals surface area contributed by atoms with Gasteiger partial charge in [-0.05, 0) is 59.7 Å². The zero-order valence-corrected chi connectivity index (χ0v) is 30.4. The Kier molecular flexibility index (Phi) is 6.83. The van der Waals surface area contributed by atoms with Crippen LogP contribution in [0.1, 0.15) is 0 Å². The molecule has 8 aromatic carbocycles. The lowest BCUT2D eigenvalue weighted by Gasteiger charge is -2.10. The highest BCUT2D eigenvalue weighted by Gasteiger charge is 2.20. The largest absolute Gasteiger partial charge is 0.456 e. The van der Waals surface area contributed by atoms with Crippen LogP contribution in [0.2, 0.25) is 0 Å². The predicted octanol–water partition coefficient (Wildman–Crippen LogP) is 13.4. The summed E-state index contributed by atoms with van der Waals surface area (Å²) in [5.74, 6) is 1.84. The summed E-state index contributed by atoms with van der Waals surface area (Å²) in [6, 6.07) is 62.7. The topological polar surface area (TPSA) is 69.9 Å². The molecule has 12 rings (SSSR count). The van der Waals surface area contributed by atoms with Crippen molar-refractivity contribution in [3.05, 3.63) is 182 Å². The van der Waals surface area contributed by atoms with E-state index < -0.39 is 0 Å². The third-order valence-electron chi connectivity index (χ3n) is 11.1. The molecular formula is C51H30N4O2. The molecule has 4 aromatic heterocycles. The summed E-state index contributed by atoms with van der Waals surface area (Å²) in [5, 5.41) is 6.64. The number of benzene rings is 8. The molecule has 57 heavy (non-hydrogen) atoms. The van der Waals surface area contributed by atoms with Crippen molar-refractivity contribution in [2.45, 2.75) is 0 Å². The van der Waals surface area contributed by atoms with Gasteiger partial charge in [-0.15, -0.1) is 0 Å². The SMILES string of the molecule is c1ccc(-c2nc(-c3ccccc3)nc(-c3cccc4oc5ccc(-c6ccc(-n7c8ccccc8c8cc9c(cc87)oc7ccccc79)cc6)cc5c34)n2)cc1. The van der Waals surface area contributed by atoms with E-state index >= 15 is 0 Å². The van der Waals surface area contributed by atoms with Crippen molar-refractivity contribution >= 4 is 65.7 Å². The van der Waals surface area contributed by atoms with Crippen LogP contribution in [0.3, 0.4) is 0 Å². The lowest BCUT2D eigenvalue weighted by Crippen LogP contribution is -2.00. The van der Waals surface area contributed by atoms with E-state index in [9.17, 15) is 0 Å². The van der Waals surface area contributed by atoms with Gasteiger partial charge in [0.05, 0.1) is 11.0 Å². The smallest absolute Gasteiger partial charge is 0.164 e. The maximum Gasteiger partial charge on any atom is 0.164 e. The molecule has 0 radical (unpaired) electrons. The Morgan fingerprint density at radius 1 is 0.333 bits per heavy atom. The lowest BCUT2D eigenvalue weighted by atomic mass is 10.00. The first kappa shape index (κ1) is 31.5. The molecule has 0 aliphatic rings. The number of fused-ring (bicyclic) bond motifs is 9. The summed E-state index contributed by atoms with van der Waals surface area (Å²) in [4.78, 5) is 15.0. The predicted molar refractivity (Wildman–Crippen MR) is 230 cm³/mol. The van der Waals surface area contributed by atoms with Crippen LogP contribution in [0.15, 0.2) is 191 Å². The average Bonchev–Trinajstić information content (AvgIpc) is 3.95. The van der Waals surface area contributed by atoms with E-state index in [0.717, 1.165) is 88.4 Å². The van der Waals surface area contributed by atoms with Gasteiger partial charge in [0, 0.05) is 60.8 Å². The normalized spacial score (nSPS) is 11.9. The maximum absolute atomic E-state index is 6.45. The minimum absolute atomic E-state index is 0.594. The van der Waals surface area contributed by atoms with Crippen LogP contribution in [0.5, 0.6) is 0 Å². The van der Waals surface area contributed by atoms with Gasteiger partial charge in [-0.3, -0.25) is 0 Å². The monoisotopic (exact) mass is 730 g/mol. The summed E-state index contributed by atoms with van der Waals surface area (Å²) in [6.45, 7) is 0. The Morgan fingerprint density at radius 2 is 0.947 bits per heavy atom. The van der Waals surface area contributed by atoms with Crippen molar-refractivity contribution in [1.29, 1.82) is 0 Å². The number of furan rings is 2.